The third kappa shape index (κ3) is 6.08. The van der Waals surface area contributed by atoms with Gasteiger partial charge >= 0.3 is 0 Å². The van der Waals surface area contributed by atoms with Crippen molar-refractivity contribution in [2.24, 2.45) is 0 Å². The minimum absolute atomic E-state index is 0.543. The molecule has 0 N–H and O–H groups in total. The highest BCUT2D eigenvalue weighted by molar-refractivity contribution is 6.13. The van der Waals surface area contributed by atoms with Gasteiger partial charge in [0.05, 0.1) is 11.6 Å². The van der Waals surface area contributed by atoms with Crippen LogP contribution in [0, 0.1) is 11.3 Å². The molecule has 0 atom stereocenters. The average Bonchev–Trinajstić information content (AvgIpc) is 3.70. The number of furan rings is 1. The fraction of sp³-hybridized carbons (Fsp3) is 0. The first-order valence-electron chi connectivity index (χ1n) is 19.6. The minimum Gasteiger partial charge on any atom is -0.456 e. The van der Waals surface area contributed by atoms with Crippen LogP contribution in [0.25, 0.3) is 111 Å². The van der Waals surface area contributed by atoms with Gasteiger partial charge in [0, 0.05) is 27.5 Å². The van der Waals surface area contributed by atoms with Gasteiger partial charge in [-0.2, -0.15) is 5.26 Å². The van der Waals surface area contributed by atoms with Gasteiger partial charge in [0.1, 0.15) is 11.2 Å². The first-order chi connectivity index (χ1) is 29.2. The quantitative estimate of drug-likeness (QED) is 0.158. The highest BCUT2D eigenvalue weighted by atomic mass is 16.3. The molecule has 0 amide bonds. The predicted octanol–water partition coefficient (Wildman–Crippen LogP) is 14.0. The van der Waals surface area contributed by atoms with Crippen LogP contribution < -0.4 is 0 Å². The Balaban J connectivity index is 1.03. The van der Waals surface area contributed by atoms with Crippen LogP contribution in [-0.2, 0) is 0 Å². The predicted molar refractivity (Wildman–Crippen MR) is 239 cm³/mol. The lowest BCUT2D eigenvalue weighted by atomic mass is 9.96. The van der Waals surface area contributed by atoms with E-state index in [4.69, 9.17) is 19.4 Å². The van der Waals surface area contributed by atoms with Crippen molar-refractivity contribution < 1.29 is 4.42 Å². The Labute approximate surface area is 340 Å². The highest BCUT2D eigenvalue weighted by Crippen LogP contribution is 2.39. The molecule has 0 saturated carbocycles. The molecule has 0 radical (unpaired) electrons. The average molecular weight is 753 g/mol. The van der Waals surface area contributed by atoms with Gasteiger partial charge in [-0.1, -0.05) is 164 Å². The van der Waals surface area contributed by atoms with Crippen LogP contribution in [0.4, 0.5) is 0 Å². The Morgan fingerprint density at radius 1 is 0.356 bits per heavy atom. The number of hydrogen-bond acceptors (Lipinski definition) is 5. The second-order valence-electron chi connectivity index (χ2n) is 14.7. The lowest BCUT2D eigenvalue weighted by molar-refractivity contribution is 0.669. The maximum absolute atomic E-state index is 9.74. The minimum atomic E-state index is 0.543. The summed E-state index contributed by atoms with van der Waals surface area (Å²) in [6.45, 7) is 0. The summed E-state index contributed by atoms with van der Waals surface area (Å²) in [7, 11) is 0. The zero-order valence-corrected chi connectivity index (χ0v) is 31.7. The summed E-state index contributed by atoms with van der Waals surface area (Å²) in [6, 6.07) is 68.8. The van der Waals surface area contributed by atoms with Gasteiger partial charge in [-0.15, -0.1) is 0 Å². The van der Waals surface area contributed by atoms with Crippen molar-refractivity contribution in [2.75, 3.05) is 0 Å². The Kier molecular flexibility index (Phi) is 8.13. The molecule has 0 aliphatic heterocycles. The molecule has 5 heteroatoms. The van der Waals surface area contributed by atoms with Crippen LogP contribution in [0.15, 0.2) is 199 Å². The number of nitriles is 1. The van der Waals surface area contributed by atoms with E-state index < -0.39 is 0 Å². The maximum Gasteiger partial charge on any atom is 0.164 e. The van der Waals surface area contributed by atoms with Gasteiger partial charge in [-0.25, -0.2) is 15.0 Å². The number of nitrogens with zero attached hydrogens (tertiary/aromatic N) is 4. The molecule has 9 aromatic carbocycles. The summed E-state index contributed by atoms with van der Waals surface area (Å²) < 4.78 is 6.56. The third-order valence-electron chi connectivity index (χ3n) is 11.2. The van der Waals surface area contributed by atoms with E-state index in [1.165, 1.54) is 27.3 Å². The fourth-order valence-electron chi connectivity index (χ4n) is 8.22. The number of rotatable bonds is 6. The van der Waals surface area contributed by atoms with Crippen molar-refractivity contribution >= 4 is 43.5 Å². The largest absolute Gasteiger partial charge is 0.456 e. The van der Waals surface area contributed by atoms with Gasteiger partial charge in [-0.3, -0.25) is 0 Å². The fourth-order valence-corrected chi connectivity index (χ4v) is 8.22. The Morgan fingerprint density at radius 3 is 1.68 bits per heavy atom. The number of benzene rings is 9. The Morgan fingerprint density at radius 2 is 0.898 bits per heavy atom. The summed E-state index contributed by atoms with van der Waals surface area (Å²) in [6.07, 6.45) is 0. The molecular formula is C54H32N4O. The molecule has 0 unspecified atom stereocenters. The monoisotopic (exact) mass is 752 g/mol. The smallest absolute Gasteiger partial charge is 0.164 e. The molecule has 0 saturated heterocycles. The summed E-state index contributed by atoms with van der Waals surface area (Å²) in [5.74, 6) is 1.67. The van der Waals surface area contributed by atoms with Crippen LogP contribution in [0.2, 0.25) is 0 Å². The van der Waals surface area contributed by atoms with E-state index in [9.17, 15) is 5.26 Å². The SMILES string of the molecule is N#Cc1ccccc1-c1ccc(-c2nc(-c3ccc4c(ccc5ccccc54)c3)nc(-c3ccc4c(c3)oc3cccc(-c5ccc(-c6ccccc6)cc5)c34)n2)cc1. The molecule has 0 fully saturated rings. The standard InChI is InChI=1S/C54H32N4O/c55-33-43-12-5-6-13-44(43)37-21-24-39(25-22-37)52-56-53(41-27-29-46-40(31-41)26-23-36-11-4-7-14-45(36)46)58-54(57-52)42-28-30-48-50(32-42)59-49-16-8-15-47(51(48)49)38-19-17-35(18-20-38)34-9-2-1-3-10-34/h1-32H. The second kappa shape index (κ2) is 14.1. The zero-order chi connectivity index (χ0) is 39.3. The molecule has 0 bridgehead atoms. The lowest BCUT2D eigenvalue weighted by Crippen LogP contribution is -2.00. The number of fused-ring (bicyclic) bond motifs is 6. The molecule has 0 aliphatic carbocycles. The maximum atomic E-state index is 9.74. The highest BCUT2D eigenvalue weighted by Gasteiger charge is 2.18. The number of aromatic nitrogens is 3. The molecule has 2 aromatic heterocycles. The van der Waals surface area contributed by atoms with Crippen molar-refractivity contribution in [1.82, 2.24) is 15.0 Å². The van der Waals surface area contributed by atoms with E-state index in [0.29, 0.717) is 23.0 Å². The normalized spacial score (nSPS) is 11.4. The second-order valence-corrected chi connectivity index (χ2v) is 14.7. The van der Waals surface area contributed by atoms with Crippen LogP contribution in [0.1, 0.15) is 5.56 Å². The topological polar surface area (TPSA) is 75.6 Å². The molecule has 11 rings (SSSR count). The molecule has 274 valence electrons. The van der Waals surface area contributed by atoms with E-state index in [1.807, 2.05) is 72.8 Å². The molecule has 5 nitrogen and oxygen atoms in total. The summed E-state index contributed by atoms with van der Waals surface area (Å²) in [4.78, 5) is 15.3. The summed E-state index contributed by atoms with van der Waals surface area (Å²) in [5, 5.41) is 16.5. The van der Waals surface area contributed by atoms with Crippen molar-refractivity contribution in [3.05, 3.63) is 200 Å². The van der Waals surface area contributed by atoms with E-state index >= 15 is 0 Å². The molecule has 2 heterocycles. The van der Waals surface area contributed by atoms with Crippen LogP contribution in [-0.4, -0.2) is 15.0 Å². The van der Waals surface area contributed by atoms with Crippen molar-refractivity contribution in [2.45, 2.75) is 0 Å². The van der Waals surface area contributed by atoms with Gasteiger partial charge in [0.25, 0.3) is 0 Å². The first kappa shape index (κ1) is 34.1. The summed E-state index contributed by atoms with van der Waals surface area (Å²) in [5.41, 5.74) is 11.2. The van der Waals surface area contributed by atoms with Crippen LogP contribution >= 0.6 is 0 Å². The van der Waals surface area contributed by atoms with E-state index in [0.717, 1.165) is 66.3 Å². The number of hydrogen-bond donors (Lipinski definition) is 0. The van der Waals surface area contributed by atoms with E-state index in [2.05, 4.69) is 127 Å². The van der Waals surface area contributed by atoms with Gasteiger partial charge in [0.2, 0.25) is 0 Å². The molecular weight excluding hydrogens is 721 g/mol. The van der Waals surface area contributed by atoms with Gasteiger partial charge in [-0.05, 0) is 85.3 Å². The van der Waals surface area contributed by atoms with Gasteiger partial charge < -0.3 is 4.42 Å². The van der Waals surface area contributed by atoms with Crippen molar-refractivity contribution in [3.63, 3.8) is 0 Å². The van der Waals surface area contributed by atoms with Crippen LogP contribution in [0.3, 0.4) is 0 Å². The Hall–Kier alpha value is -8.20. The molecule has 11 aromatic rings. The summed E-state index contributed by atoms with van der Waals surface area (Å²) >= 11 is 0. The van der Waals surface area contributed by atoms with Gasteiger partial charge in [0.15, 0.2) is 17.5 Å². The Bertz CT molecular complexity index is 3440. The third-order valence-corrected chi connectivity index (χ3v) is 11.2. The molecule has 0 aliphatic rings. The molecule has 59 heavy (non-hydrogen) atoms. The molecule has 0 spiro atoms. The van der Waals surface area contributed by atoms with Crippen molar-refractivity contribution in [3.8, 4) is 73.6 Å². The van der Waals surface area contributed by atoms with E-state index in [1.54, 1.807) is 0 Å². The van der Waals surface area contributed by atoms with Crippen molar-refractivity contribution in [1.29, 1.82) is 5.26 Å². The lowest BCUT2D eigenvalue weighted by Gasteiger charge is -2.11. The van der Waals surface area contributed by atoms with Crippen LogP contribution in [0.5, 0.6) is 0 Å². The van der Waals surface area contributed by atoms with E-state index in [-0.39, 0.29) is 0 Å². The zero-order valence-electron chi connectivity index (χ0n) is 31.7. The first-order valence-corrected chi connectivity index (χ1v) is 19.6.